The lowest BCUT2D eigenvalue weighted by Gasteiger charge is -2.48. The number of amides is 2. The second-order valence-electron chi connectivity index (χ2n) is 6.78. The standard InChI is InChI=1S/C17H24N2O3S/c1-13-3-4-14(23-13)16(22)19-8-2-6-17(12-19)7-5-15(21)18(11-17)9-10-20/h3-4,20H,2,5-12H2,1H3/t17-/m0/s1. The van der Waals surface area contributed by atoms with Crippen LogP contribution in [-0.2, 0) is 4.79 Å². The molecule has 2 saturated heterocycles. The molecule has 23 heavy (non-hydrogen) atoms. The van der Waals surface area contributed by atoms with Crippen molar-refractivity contribution in [3.8, 4) is 0 Å². The Morgan fingerprint density at radius 2 is 2.17 bits per heavy atom. The number of carbonyl (C=O) groups excluding carboxylic acids is 2. The first-order valence-corrected chi connectivity index (χ1v) is 9.09. The molecule has 0 aromatic carbocycles. The number of hydrogen-bond acceptors (Lipinski definition) is 4. The van der Waals surface area contributed by atoms with Gasteiger partial charge in [0.15, 0.2) is 0 Å². The minimum absolute atomic E-state index is 0.00105. The molecular formula is C17H24N2O3S. The van der Waals surface area contributed by atoms with Gasteiger partial charge in [0.2, 0.25) is 5.91 Å². The number of hydrogen-bond donors (Lipinski definition) is 1. The third-order valence-electron chi connectivity index (χ3n) is 5.02. The van der Waals surface area contributed by atoms with Gasteiger partial charge in [-0.1, -0.05) is 0 Å². The predicted molar refractivity (Wildman–Crippen MR) is 89.5 cm³/mol. The van der Waals surface area contributed by atoms with E-state index in [1.54, 1.807) is 16.2 Å². The summed E-state index contributed by atoms with van der Waals surface area (Å²) in [5, 5.41) is 9.16. The van der Waals surface area contributed by atoms with E-state index in [4.69, 9.17) is 5.11 Å². The van der Waals surface area contributed by atoms with Gasteiger partial charge in [0, 0.05) is 42.9 Å². The molecule has 0 aliphatic carbocycles. The molecule has 1 atom stereocenters. The van der Waals surface area contributed by atoms with Crippen molar-refractivity contribution in [1.82, 2.24) is 9.80 Å². The zero-order valence-corrected chi connectivity index (χ0v) is 14.4. The summed E-state index contributed by atoms with van der Waals surface area (Å²) < 4.78 is 0. The number of aryl methyl sites for hydroxylation is 1. The average Bonchev–Trinajstić information content (AvgIpc) is 2.97. The fourth-order valence-electron chi connectivity index (χ4n) is 3.85. The van der Waals surface area contributed by atoms with Crippen molar-refractivity contribution >= 4 is 23.2 Å². The van der Waals surface area contributed by atoms with Crippen molar-refractivity contribution in [3.63, 3.8) is 0 Å². The topological polar surface area (TPSA) is 60.9 Å². The molecule has 3 heterocycles. The average molecular weight is 336 g/mol. The number of rotatable bonds is 3. The molecule has 1 spiro atoms. The Bertz CT molecular complexity index is 600. The summed E-state index contributed by atoms with van der Waals surface area (Å²) in [6, 6.07) is 3.89. The largest absolute Gasteiger partial charge is 0.395 e. The molecule has 0 radical (unpaired) electrons. The first-order valence-electron chi connectivity index (χ1n) is 8.27. The number of β-amino-alcohol motifs (C(OH)–C–C–N with tert-alkyl or cyclic N) is 1. The SMILES string of the molecule is Cc1ccc(C(=O)N2CCC[C@@]3(CCC(=O)N(CCO)C3)C2)s1. The molecule has 2 aliphatic heterocycles. The number of nitrogens with zero attached hydrogens (tertiary/aromatic N) is 2. The Kier molecular flexibility index (Phi) is 4.73. The van der Waals surface area contributed by atoms with Gasteiger partial charge >= 0.3 is 0 Å². The summed E-state index contributed by atoms with van der Waals surface area (Å²) >= 11 is 1.54. The molecule has 5 nitrogen and oxygen atoms in total. The van der Waals surface area contributed by atoms with E-state index in [0.717, 1.165) is 42.1 Å². The Morgan fingerprint density at radius 3 is 2.87 bits per heavy atom. The highest BCUT2D eigenvalue weighted by atomic mass is 32.1. The van der Waals surface area contributed by atoms with Gasteiger partial charge in [-0.05, 0) is 38.3 Å². The van der Waals surface area contributed by atoms with Gasteiger partial charge in [-0.15, -0.1) is 11.3 Å². The van der Waals surface area contributed by atoms with Gasteiger partial charge in [0.05, 0.1) is 11.5 Å². The molecule has 6 heteroatoms. The fourth-order valence-corrected chi connectivity index (χ4v) is 4.68. The minimum atomic E-state index is -0.00105. The van der Waals surface area contributed by atoms with Crippen molar-refractivity contribution in [2.75, 3.05) is 32.8 Å². The van der Waals surface area contributed by atoms with E-state index < -0.39 is 0 Å². The predicted octanol–water partition coefficient (Wildman–Crippen LogP) is 1.89. The molecule has 2 fully saturated rings. The van der Waals surface area contributed by atoms with Crippen LogP contribution >= 0.6 is 11.3 Å². The van der Waals surface area contributed by atoms with Gasteiger partial charge in [0.25, 0.3) is 5.91 Å². The Morgan fingerprint density at radius 1 is 1.35 bits per heavy atom. The van der Waals surface area contributed by atoms with Crippen molar-refractivity contribution < 1.29 is 14.7 Å². The highest BCUT2D eigenvalue weighted by molar-refractivity contribution is 7.13. The summed E-state index contributed by atoms with van der Waals surface area (Å²) in [5.41, 5.74) is 0.00327. The highest BCUT2D eigenvalue weighted by Crippen LogP contribution is 2.39. The number of carbonyl (C=O) groups is 2. The van der Waals surface area contributed by atoms with Crippen LogP contribution in [0.4, 0.5) is 0 Å². The number of piperidine rings is 2. The monoisotopic (exact) mass is 336 g/mol. The van der Waals surface area contributed by atoms with Crippen LogP contribution in [0.5, 0.6) is 0 Å². The van der Waals surface area contributed by atoms with Crippen molar-refractivity contribution in [3.05, 3.63) is 21.9 Å². The van der Waals surface area contributed by atoms with Crippen molar-refractivity contribution in [1.29, 1.82) is 0 Å². The first kappa shape index (κ1) is 16.5. The fraction of sp³-hybridized carbons (Fsp3) is 0.647. The van der Waals surface area contributed by atoms with Crippen molar-refractivity contribution in [2.45, 2.75) is 32.6 Å². The summed E-state index contributed by atoms with van der Waals surface area (Å²) in [7, 11) is 0. The molecule has 3 rings (SSSR count). The van der Waals surface area contributed by atoms with E-state index in [-0.39, 0.29) is 23.8 Å². The summed E-state index contributed by atoms with van der Waals surface area (Å²) in [6.07, 6.45) is 3.41. The van der Waals surface area contributed by atoms with Gasteiger partial charge in [-0.25, -0.2) is 0 Å². The van der Waals surface area contributed by atoms with Gasteiger partial charge in [-0.3, -0.25) is 9.59 Å². The number of thiophene rings is 1. The first-order chi connectivity index (χ1) is 11.0. The quantitative estimate of drug-likeness (QED) is 0.917. The van der Waals surface area contributed by atoms with Crippen LogP contribution in [0.2, 0.25) is 0 Å². The van der Waals surface area contributed by atoms with Crippen molar-refractivity contribution in [2.24, 2.45) is 5.41 Å². The van der Waals surface area contributed by atoms with E-state index in [0.29, 0.717) is 19.5 Å². The molecule has 2 amide bonds. The molecule has 1 N–H and O–H groups in total. The lowest BCUT2D eigenvalue weighted by molar-refractivity contribution is -0.139. The third kappa shape index (κ3) is 3.43. The maximum atomic E-state index is 12.7. The highest BCUT2D eigenvalue weighted by Gasteiger charge is 2.42. The van der Waals surface area contributed by atoms with E-state index in [1.165, 1.54) is 0 Å². The Labute approximate surface area is 140 Å². The van der Waals surface area contributed by atoms with Gasteiger partial charge in [0.1, 0.15) is 0 Å². The normalized spacial score (nSPS) is 25.2. The molecule has 126 valence electrons. The molecule has 1 aromatic heterocycles. The number of likely N-dealkylation sites (tertiary alicyclic amines) is 2. The summed E-state index contributed by atoms with van der Waals surface area (Å²) in [4.78, 5) is 30.4. The smallest absolute Gasteiger partial charge is 0.263 e. The summed E-state index contributed by atoms with van der Waals surface area (Å²) in [6.45, 7) is 4.60. The Hall–Kier alpha value is -1.40. The molecule has 0 unspecified atom stereocenters. The molecular weight excluding hydrogens is 312 g/mol. The van der Waals surface area contributed by atoms with Crippen LogP contribution in [0.15, 0.2) is 12.1 Å². The molecule has 1 aromatic rings. The molecule has 2 aliphatic rings. The van der Waals surface area contributed by atoms with Crippen LogP contribution < -0.4 is 0 Å². The van der Waals surface area contributed by atoms with Gasteiger partial charge in [-0.2, -0.15) is 0 Å². The van der Waals surface area contributed by atoms with Gasteiger partial charge < -0.3 is 14.9 Å². The Balaban J connectivity index is 1.72. The third-order valence-corrected chi connectivity index (χ3v) is 6.01. The molecule has 0 bridgehead atoms. The van der Waals surface area contributed by atoms with Crippen LogP contribution in [0.1, 0.15) is 40.2 Å². The van der Waals surface area contributed by atoms with Crippen LogP contribution in [0, 0.1) is 12.3 Å². The number of aliphatic hydroxyl groups excluding tert-OH is 1. The van der Waals surface area contributed by atoms with E-state index >= 15 is 0 Å². The zero-order valence-electron chi connectivity index (χ0n) is 13.6. The van der Waals surface area contributed by atoms with E-state index in [9.17, 15) is 9.59 Å². The lowest BCUT2D eigenvalue weighted by Crippen LogP contribution is -2.55. The maximum absolute atomic E-state index is 12.7. The molecule has 0 saturated carbocycles. The number of aliphatic hydroxyl groups is 1. The van der Waals surface area contributed by atoms with E-state index in [1.807, 2.05) is 24.0 Å². The second kappa shape index (κ2) is 6.61. The van der Waals surface area contributed by atoms with E-state index in [2.05, 4.69) is 0 Å². The summed E-state index contributed by atoms with van der Waals surface area (Å²) in [5.74, 6) is 0.245. The minimum Gasteiger partial charge on any atom is -0.395 e. The lowest BCUT2D eigenvalue weighted by atomic mass is 9.73. The van der Waals surface area contributed by atoms with Crippen LogP contribution in [0.25, 0.3) is 0 Å². The zero-order chi connectivity index (χ0) is 16.4. The maximum Gasteiger partial charge on any atom is 0.263 e. The second-order valence-corrected chi connectivity index (χ2v) is 8.07. The van der Waals surface area contributed by atoms with Crippen LogP contribution in [0.3, 0.4) is 0 Å². The van der Waals surface area contributed by atoms with Crippen LogP contribution in [-0.4, -0.2) is 59.5 Å².